The Morgan fingerprint density at radius 3 is 2.21 bits per heavy atom. The van der Waals surface area contributed by atoms with Crippen molar-refractivity contribution in [3.63, 3.8) is 0 Å². The third-order valence-electron chi connectivity index (χ3n) is 5.97. The summed E-state index contributed by atoms with van der Waals surface area (Å²) in [6, 6.07) is 8.10. The van der Waals surface area contributed by atoms with Gasteiger partial charge in [0, 0.05) is 25.2 Å². The molecule has 1 aliphatic rings. The molecule has 0 heterocycles. The van der Waals surface area contributed by atoms with E-state index in [9.17, 15) is 13.2 Å². The second-order valence-corrected chi connectivity index (χ2v) is 9.95. The van der Waals surface area contributed by atoms with E-state index in [1.54, 1.807) is 27.3 Å². The first-order valence-corrected chi connectivity index (χ1v) is 12.4. The normalized spacial score (nSPS) is 14.2. The van der Waals surface area contributed by atoms with Gasteiger partial charge in [-0.05, 0) is 61.2 Å². The molecule has 0 atom stereocenters. The van der Waals surface area contributed by atoms with Crippen LogP contribution in [0.1, 0.15) is 47.2 Å². The average molecular weight is 477 g/mol. The molecule has 1 N–H and O–H groups in total. The molecule has 1 aliphatic carbocycles. The first-order chi connectivity index (χ1) is 15.7. The summed E-state index contributed by atoms with van der Waals surface area (Å²) < 4.78 is 44.8. The molecule has 1 amide bonds. The second-order valence-electron chi connectivity index (χ2n) is 8.26. The summed E-state index contributed by atoms with van der Waals surface area (Å²) in [6.45, 7) is 2.25. The summed E-state index contributed by atoms with van der Waals surface area (Å²) in [7, 11) is 2.39. The molecule has 0 unspecified atom stereocenters. The van der Waals surface area contributed by atoms with Gasteiger partial charge in [-0.1, -0.05) is 12.8 Å². The van der Waals surface area contributed by atoms with E-state index < -0.39 is 10.0 Å². The quantitative estimate of drug-likeness (QED) is 0.595. The highest BCUT2D eigenvalue weighted by molar-refractivity contribution is 7.89. The number of aryl methyl sites for hydroxylation is 1. The third-order valence-corrected chi connectivity index (χ3v) is 7.52. The number of carbonyl (C=O) groups is 1. The molecule has 2 aromatic rings. The minimum atomic E-state index is -3.83. The lowest BCUT2D eigenvalue weighted by Gasteiger charge is -2.21. The first kappa shape index (κ1) is 24.9. The molecule has 3 rings (SSSR count). The van der Waals surface area contributed by atoms with Crippen LogP contribution in [0.2, 0.25) is 0 Å². The molecule has 2 aromatic carbocycles. The Balaban J connectivity index is 1.86. The Morgan fingerprint density at radius 2 is 1.61 bits per heavy atom. The van der Waals surface area contributed by atoms with Crippen molar-refractivity contribution < 1.29 is 27.4 Å². The summed E-state index contributed by atoms with van der Waals surface area (Å²) in [4.78, 5) is 14.7. The predicted molar refractivity (Wildman–Crippen MR) is 126 cm³/mol. The SMILES string of the molecule is COc1cc(C)c(CN(C)C(=O)c2ccc(OC)c(S(=O)(=O)NC3CCCC3)c2)cc1OC. The highest BCUT2D eigenvalue weighted by atomic mass is 32.2. The van der Waals surface area contributed by atoms with Crippen molar-refractivity contribution in [3.8, 4) is 17.2 Å². The Morgan fingerprint density at radius 1 is 1.00 bits per heavy atom. The van der Waals surface area contributed by atoms with Gasteiger partial charge in [0.1, 0.15) is 10.6 Å². The average Bonchev–Trinajstić information content (AvgIpc) is 3.31. The molecular weight excluding hydrogens is 444 g/mol. The number of benzene rings is 2. The predicted octanol–water partition coefficient (Wildman–Crippen LogP) is 3.51. The number of hydrogen-bond acceptors (Lipinski definition) is 6. The summed E-state index contributed by atoms with van der Waals surface area (Å²) in [5, 5.41) is 0. The zero-order valence-corrected chi connectivity index (χ0v) is 20.6. The fraction of sp³-hybridized carbons (Fsp3) is 0.458. The second kappa shape index (κ2) is 10.4. The van der Waals surface area contributed by atoms with Gasteiger partial charge in [-0.2, -0.15) is 0 Å². The molecule has 9 heteroatoms. The maximum absolute atomic E-state index is 13.2. The lowest BCUT2D eigenvalue weighted by Crippen LogP contribution is -2.33. The minimum Gasteiger partial charge on any atom is -0.495 e. The van der Waals surface area contributed by atoms with Crippen LogP contribution in [0.4, 0.5) is 0 Å². The van der Waals surface area contributed by atoms with Gasteiger partial charge >= 0.3 is 0 Å². The number of rotatable bonds is 9. The number of amides is 1. The molecule has 1 fully saturated rings. The van der Waals surface area contributed by atoms with Crippen molar-refractivity contribution in [1.82, 2.24) is 9.62 Å². The number of nitrogens with zero attached hydrogens (tertiary/aromatic N) is 1. The molecule has 8 nitrogen and oxygen atoms in total. The Labute approximate surface area is 195 Å². The molecular formula is C24H32N2O6S. The van der Waals surface area contributed by atoms with Gasteiger partial charge < -0.3 is 19.1 Å². The summed E-state index contributed by atoms with van der Waals surface area (Å²) in [5.41, 5.74) is 2.11. The Bertz CT molecular complexity index is 1110. The lowest BCUT2D eigenvalue weighted by atomic mass is 10.1. The topological polar surface area (TPSA) is 94.2 Å². The number of ether oxygens (including phenoxy) is 3. The molecule has 0 spiro atoms. The lowest BCUT2D eigenvalue weighted by molar-refractivity contribution is 0.0784. The third kappa shape index (κ3) is 5.59. The van der Waals surface area contributed by atoms with Crippen LogP contribution in [-0.4, -0.2) is 53.6 Å². The molecule has 0 aromatic heterocycles. The number of hydrogen-bond donors (Lipinski definition) is 1. The monoisotopic (exact) mass is 476 g/mol. The fourth-order valence-corrected chi connectivity index (χ4v) is 5.59. The molecule has 180 valence electrons. The van der Waals surface area contributed by atoms with Crippen LogP contribution in [0.3, 0.4) is 0 Å². The van der Waals surface area contributed by atoms with E-state index in [0.29, 0.717) is 18.0 Å². The van der Waals surface area contributed by atoms with Crippen molar-refractivity contribution in [1.29, 1.82) is 0 Å². The van der Waals surface area contributed by atoms with Crippen LogP contribution < -0.4 is 18.9 Å². The zero-order valence-electron chi connectivity index (χ0n) is 19.8. The highest BCUT2D eigenvalue weighted by Crippen LogP contribution is 2.31. The maximum Gasteiger partial charge on any atom is 0.253 e. The molecule has 0 bridgehead atoms. The van der Waals surface area contributed by atoms with Crippen LogP contribution in [0.5, 0.6) is 17.2 Å². The van der Waals surface area contributed by atoms with Gasteiger partial charge in [0.15, 0.2) is 11.5 Å². The van der Waals surface area contributed by atoms with E-state index in [-0.39, 0.29) is 28.2 Å². The minimum absolute atomic E-state index is 0.0292. The van der Waals surface area contributed by atoms with Crippen LogP contribution in [0, 0.1) is 6.92 Å². The van der Waals surface area contributed by atoms with Crippen LogP contribution in [0.15, 0.2) is 35.2 Å². The first-order valence-electron chi connectivity index (χ1n) is 10.9. The molecule has 33 heavy (non-hydrogen) atoms. The van der Waals surface area contributed by atoms with E-state index >= 15 is 0 Å². The molecule has 1 saturated carbocycles. The standard InChI is InChI=1S/C24H32N2O6S/c1-16-12-21(31-4)22(32-5)13-18(16)15-26(2)24(27)17-10-11-20(30-3)23(14-17)33(28,29)25-19-8-6-7-9-19/h10-14,19,25H,6-9,15H2,1-5H3. The number of methoxy groups -OCH3 is 3. The van der Waals surface area contributed by atoms with Crippen molar-refractivity contribution >= 4 is 15.9 Å². The number of sulfonamides is 1. The van der Waals surface area contributed by atoms with E-state index in [2.05, 4.69) is 4.72 Å². The Hall–Kier alpha value is -2.78. The number of nitrogens with one attached hydrogen (secondary N) is 1. The van der Waals surface area contributed by atoms with Gasteiger partial charge in [-0.15, -0.1) is 0 Å². The van der Waals surface area contributed by atoms with Gasteiger partial charge in [0.05, 0.1) is 21.3 Å². The largest absolute Gasteiger partial charge is 0.495 e. The van der Waals surface area contributed by atoms with E-state index in [1.807, 2.05) is 19.1 Å². The van der Waals surface area contributed by atoms with E-state index in [4.69, 9.17) is 14.2 Å². The summed E-state index contributed by atoms with van der Waals surface area (Å²) >= 11 is 0. The Kier molecular flexibility index (Phi) is 7.86. The van der Waals surface area contributed by atoms with Gasteiger partial charge in [0.2, 0.25) is 10.0 Å². The summed E-state index contributed by atoms with van der Waals surface area (Å²) in [5.74, 6) is 1.10. The molecule has 0 radical (unpaired) electrons. The van der Waals surface area contributed by atoms with E-state index in [0.717, 1.165) is 36.8 Å². The van der Waals surface area contributed by atoms with Gasteiger partial charge in [0.25, 0.3) is 5.91 Å². The van der Waals surface area contributed by atoms with Gasteiger partial charge in [-0.25, -0.2) is 13.1 Å². The van der Waals surface area contributed by atoms with Crippen molar-refractivity contribution in [2.75, 3.05) is 28.4 Å². The maximum atomic E-state index is 13.2. The summed E-state index contributed by atoms with van der Waals surface area (Å²) in [6.07, 6.45) is 3.63. The van der Waals surface area contributed by atoms with Crippen LogP contribution in [0.25, 0.3) is 0 Å². The van der Waals surface area contributed by atoms with Crippen LogP contribution >= 0.6 is 0 Å². The smallest absolute Gasteiger partial charge is 0.253 e. The highest BCUT2D eigenvalue weighted by Gasteiger charge is 2.27. The van der Waals surface area contributed by atoms with Crippen LogP contribution in [-0.2, 0) is 16.6 Å². The zero-order chi connectivity index (χ0) is 24.2. The van der Waals surface area contributed by atoms with Crippen molar-refractivity contribution in [2.24, 2.45) is 0 Å². The van der Waals surface area contributed by atoms with Gasteiger partial charge in [-0.3, -0.25) is 4.79 Å². The molecule has 0 aliphatic heterocycles. The van der Waals surface area contributed by atoms with Crippen molar-refractivity contribution in [2.45, 2.75) is 50.1 Å². The number of carbonyl (C=O) groups excluding carboxylic acids is 1. The molecule has 0 saturated heterocycles. The van der Waals surface area contributed by atoms with Crippen molar-refractivity contribution in [3.05, 3.63) is 47.0 Å². The van der Waals surface area contributed by atoms with E-state index in [1.165, 1.54) is 24.1 Å². The fourth-order valence-electron chi connectivity index (χ4n) is 4.09.